The van der Waals surface area contributed by atoms with Crippen molar-refractivity contribution in [2.75, 3.05) is 13.1 Å². The number of likely N-dealkylation sites (tertiary alicyclic amines) is 1. The van der Waals surface area contributed by atoms with E-state index in [0.29, 0.717) is 30.1 Å². The van der Waals surface area contributed by atoms with Crippen molar-refractivity contribution in [1.29, 1.82) is 0 Å². The topological polar surface area (TPSA) is 79.4 Å². The molecule has 6 nitrogen and oxygen atoms in total. The highest BCUT2D eigenvalue weighted by molar-refractivity contribution is 7.89. The molecule has 0 radical (unpaired) electrons. The van der Waals surface area contributed by atoms with E-state index in [1.807, 2.05) is 24.3 Å². The van der Waals surface area contributed by atoms with Crippen molar-refractivity contribution in [2.45, 2.75) is 17.4 Å². The molecule has 0 spiro atoms. The Bertz CT molecular complexity index is 1460. The lowest BCUT2D eigenvalue weighted by atomic mass is 10.0. The second-order valence-electron chi connectivity index (χ2n) is 8.32. The van der Waals surface area contributed by atoms with Crippen LogP contribution in [0.15, 0.2) is 90.1 Å². The summed E-state index contributed by atoms with van der Waals surface area (Å²) in [6.45, 7) is 0.821. The summed E-state index contributed by atoms with van der Waals surface area (Å²) in [5.74, 6) is -0.106. The van der Waals surface area contributed by atoms with Gasteiger partial charge in [0.25, 0.3) is 5.91 Å². The summed E-state index contributed by atoms with van der Waals surface area (Å²) in [5.41, 5.74) is 2.61. The first-order chi connectivity index (χ1) is 16.4. The first-order valence-corrected chi connectivity index (χ1v) is 12.8. The third kappa shape index (κ3) is 4.68. The first-order valence-electron chi connectivity index (χ1n) is 10.9. The van der Waals surface area contributed by atoms with E-state index >= 15 is 0 Å². The van der Waals surface area contributed by atoms with E-state index in [0.717, 1.165) is 21.9 Å². The monoisotopic (exact) mass is 491 g/mol. The maximum Gasteiger partial charge on any atom is 0.253 e. The number of amides is 1. The molecule has 4 aromatic rings. The Kier molecular flexibility index (Phi) is 6.08. The number of rotatable bonds is 5. The SMILES string of the molecule is O=C(c1ccc(-c2ccncc2)cc1)N1CCC(NS(=O)(=O)c2ccc3cc(Cl)ccc3c2)C1. The Balaban J connectivity index is 1.25. The van der Waals surface area contributed by atoms with E-state index in [1.165, 1.54) is 0 Å². The van der Waals surface area contributed by atoms with Gasteiger partial charge in [-0.05, 0) is 76.9 Å². The summed E-state index contributed by atoms with van der Waals surface area (Å²) in [6, 6.07) is 21.2. The van der Waals surface area contributed by atoms with Gasteiger partial charge in [0.05, 0.1) is 4.90 Å². The maximum absolute atomic E-state index is 13.0. The second kappa shape index (κ2) is 9.18. The standard InChI is InChI=1S/C26H22ClN3O3S/c27-23-7-5-22-16-25(8-6-21(22)15-23)34(32,33)29-24-11-14-30(17-24)26(31)20-3-1-18(2-4-20)19-9-12-28-13-10-19/h1-10,12-13,15-16,24,29H,11,14,17H2. The summed E-state index contributed by atoms with van der Waals surface area (Å²) in [6.07, 6.45) is 4.02. The molecule has 1 aliphatic rings. The average Bonchev–Trinajstić information content (AvgIpc) is 3.31. The van der Waals surface area contributed by atoms with E-state index in [2.05, 4.69) is 9.71 Å². The summed E-state index contributed by atoms with van der Waals surface area (Å²) in [7, 11) is -3.72. The lowest BCUT2D eigenvalue weighted by molar-refractivity contribution is 0.0790. The van der Waals surface area contributed by atoms with Gasteiger partial charge in [0.2, 0.25) is 10.0 Å². The van der Waals surface area contributed by atoms with Gasteiger partial charge in [0, 0.05) is 42.1 Å². The molecular formula is C26H22ClN3O3S. The predicted octanol–water partition coefficient (Wildman–Crippen LogP) is 4.75. The summed E-state index contributed by atoms with van der Waals surface area (Å²) < 4.78 is 28.7. The minimum Gasteiger partial charge on any atom is -0.337 e. The number of pyridine rings is 1. The third-order valence-corrected chi connectivity index (χ3v) is 7.78. The fourth-order valence-corrected chi connectivity index (χ4v) is 5.70. The van der Waals surface area contributed by atoms with Gasteiger partial charge >= 0.3 is 0 Å². The zero-order chi connectivity index (χ0) is 23.7. The molecule has 0 bridgehead atoms. The molecule has 34 heavy (non-hydrogen) atoms. The van der Waals surface area contributed by atoms with Crippen LogP contribution in [-0.4, -0.2) is 43.3 Å². The van der Waals surface area contributed by atoms with Crippen LogP contribution in [0.4, 0.5) is 0 Å². The molecule has 1 amide bonds. The van der Waals surface area contributed by atoms with Crippen molar-refractivity contribution in [3.05, 3.63) is 95.8 Å². The van der Waals surface area contributed by atoms with Gasteiger partial charge in [0.15, 0.2) is 0 Å². The Morgan fingerprint density at radius 1 is 0.912 bits per heavy atom. The Morgan fingerprint density at radius 3 is 2.35 bits per heavy atom. The lowest BCUT2D eigenvalue weighted by Gasteiger charge is -2.18. The molecule has 3 aromatic carbocycles. The van der Waals surface area contributed by atoms with Crippen LogP contribution in [0.2, 0.25) is 5.02 Å². The molecule has 1 aliphatic heterocycles. The van der Waals surface area contributed by atoms with Gasteiger partial charge in [-0.1, -0.05) is 35.9 Å². The predicted molar refractivity (Wildman–Crippen MR) is 133 cm³/mol. The minimum atomic E-state index is -3.72. The number of hydrogen-bond acceptors (Lipinski definition) is 4. The fraction of sp³-hybridized carbons (Fsp3) is 0.154. The highest BCUT2D eigenvalue weighted by atomic mass is 35.5. The number of nitrogens with one attached hydrogen (secondary N) is 1. The number of benzene rings is 3. The molecule has 0 aliphatic carbocycles. The molecule has 1 saturated heterocycles. The molecule has 1 aromatic heterocycles. The van der Waals surface area contributed by atoms with Gasteiger partial charge in [-0.3, -0.25) is 9.78 Å². The van der Waals surface area contributed by atoms with E-state index in [4.69, 9.17) is 11.6 Å². The number of hydrogen-bond donors (Lipinski definition) is 1. The zero-order valence-corrected chi connectivity index (χ0v) is 19.8. The zero-order valence-electron chi connectivity index (χ0n) is 18.2. The lowest BCUT2D eigenvalue weighted by Crippen LogP contribution is -2.38. The largest absolute Gasteiger partial charge is 0.337 e. The van der Waals surface area contributed by atoms with Crippen molar-refractivity contribution in [2.24, 2.45) is 0 Å². The van der Waals surface area contributed by atoms with Crippen molar-refractivity contribution in [3.63, 3.8) is 0 Å². The molecule has 1 fully saturated rings. The summed E-state index contributed by atoms with van der Waals surface area (Å²) in [4.78, 5) is 18.9. The van der Waals surface area contributed by atoms with Crippen LogP contribution >= 0.6 is 11.6 Å². The number of sulfonamides is 1. The fourth-order valence-electron chi connectivity index (χ4n) is 4.22. The summed E-state index contributed by atoms with van der Waals surface area (Å²) in [5, 5.41) is 2.27. The Hall–Kier alpha value is -3.26. The van der Waals surface area contributed by atoms with Crippen LogP contribution in [0.3, 0.4) is 0 Å². The van der Waals surface area contributed by atoms with E-state index in [9.17, 15) is 13.2 Å². The average molecular weight is 492 g/mol. The molecule has 5 rings (SSSR count). The van der Waals surface area contributed by atoms with Crippen molar-refractivity contribution >= 4 is 38.3 Å². The highest BCUT2D eigenvalue weighted by Crippen LogP contribution is 2.24. The van der Waals surface area contributed by atoms with Crippen molar-refractivity contribution in [3.8, 4) is 11.1 Å². The molecule has 0 saturated carbocycles. The second-order valence-corrected chi connectivity index (χ2v) is 10.5. The molecule has 8 heteroatoms. The molecule has 1 N–H and O–H groups in total. The number of halogens is 1. The number of nitrogens with zero attached hydrogens (tertiary/aromatic N) is 2. The van der Waals surface area contributed by atoms with E-state index in [-0.39, 0.29) is 16.8 Å². The minimum absolute atomic E-state index is 0.106. The van der Waals surface area contributed by atoms with Gasteiger partial charge in [-0.15, -0.1) is 0 Å². The highest BCUT2D eigenvalue weighted by Gasteiger charge is 2.30. The molecule has 2 heterocycles. The third-order valence-electron chi connectivity index (χ3n) is 6.03. The number of fused-ring (bicyclic) bond motifs is 1. The first kappa shape index (κ1) is 22.5. The molecular weight excluding hydrogens is 470 g/mol. The summed E-state index contributed by atoms with van der Waals surface area (Å²) >= 11 is 6.02. The van der Waals surface area contributed by atoms with Crippen molar-refractivity contribution < 1.29 is 13.2 Å². The molecule has 1 unspecified atom stereocenters. The Labute approximate surface area is 203 Å². The van der Waals surface area contributed by atoms with Crippen LogP contribution in [0.5, 0.6) is 0 Å². The van der Waals surface area contributed by atoms with Crippen LogP contribution in [0.25, 0.3) is 21.9 Å². The van der Waals surface area contributed by atoms with Crippen LogP contribution in [-0.2, 0) is 10.0 Å². The van der Waals surface area contributed by atoms with Crippen LogP contribution in [0.1, 0.15) is 16.8 Å². The normalized spacial score (nSPS) is 16.1. The molecule has 172 valence electrons. The van der Waals surface area contributed by atoms with Crippen LogP contribution in [0, 0.1) is 0 Å². The van der Waals surface area contributed by atoms with E-state index < -0.39 is 10.0 Å². The van der Waals surface area contributed by atoms with Gasteiger partial charge < -0.3 is 4.90 Å². The van der Waals surface area contributed by atoms with Crippen LogP contribution < -0.4 is 4.72 Å². The maximum atomic E-state index is 13.0. The van der Waals surface area contributed by atoms with Crippen molar-refractivity contribution in [1.82, 2.24) is 14.6 Å². The van der Waals surface area contributed by atoms with Gasteiger partial charge in [-0.2, -0.15) is 0 Å². The number of carbonyl (C=O) groups excluding carboxylic acids is 1. The van der Waals surface area contributed by atoms with E-state index in [1.54, 1.807) is 65.8 Å². The quantitative estimate of drug-likeness (QED) is 0.437. The Morgan fingerprint density at radius 2 is 1.59 bits per heavy atom. The van der Waals surface area contributed by atoms with Gasteiger partial charge in [0.1, 0.15) is 0 Å². The number of carbonyl (C=O) groups is 1. The smallest absolute Gasteiger partial charge is 0.253 e. The molecule has 1 atom stereocenters. The van der Waals surface area contributed by atoms with Gasteiger partial charge in [-0.25, -0.2) is 13.1 Å². The number of aromatic nitrogens is 1.